The number of ether oxygens (including phenoxy) is 1. The van der Waals surface area contributed by atoms with Gasteiger partial charge >= 0.3 is 0 Å². The maximum Gasteiger partial charge on any atom is 0.237 e. The summed E-state index contributed by atoms with van der Waals surface area (Å²) in [6.45, 7) is 10.1. The van der Waals surface area contributed by atoms with Crippen LogP contribution in [0.15, 0.2) is 0 Å². The fourth-order valence-corrected chi connectivity index (χ4v) is 2.81. The topological polar surface area (TPSA) is 70.8 Å². The minimum atomic E-state index is -0.0624. The van der Waals surface area contributed by atoms with E-state index in [4.69, 9.17) is 10.5 Å². The second-order valence-electron chi connectivity index (χ2n) is 5.68. The molecule has 0 aromatic carbocycles. The summed E-state index contributed by atoms with van der Waals surface area (Å²) in [5.74, 6) is 0.116. The average molecular weight is 300 g/mol. The summed E-state index contributed by atoms with van der Waals surface area (Å²) in [6.07, 6.45) is 1.95. The van der Waals surface area contributed by atoms with Gasteiger partial charge in [-0.1, -0.05) is 6.92 Å². The molecule has 0 aromatic heterocycles. The first-order valence-electron chi connectivity index (χ1n) is 8.08. The lowest BCUT2D eigenvalue weighted by Crippen LogP contribution is -2.56. The Morgan fingerprint density at radius 1 is 1.29 bits per heavy atom. The molecule has 0 aliphatic carbocycles. The third kappa shape index (κ3) is 5.90. The van der Waals surface area contributed by atoms with Gasteiger partial charge in [-0.25, -0.2) is 0 Å². The number of carbonyl (C=O) groups excluding carboxylic acids is 1. The van der Waals surface area contributed by atoms with Gasteiger partial charge in [0.05, 0.1) is 6.04 Å². The smallest absolute Gasteiger partial charge is 0.237 e. The van der Waals surface area contributed by atoms with E-state index >= 15 is 0 Å². The van der Waals surface area contributed by atoms with E-state index in [1.807, 2.05) is 6.92 Å². The second-order valence-corrected chi connectivity index (χ2v) is 5.68. The van der Waals surface area contributed by atoms with Crippen molar-refractivity contribution in [3.05, 3.63) is 0 Å². The number of hydrogen-bond acceptors (Lipinski definition) is 5. The zero-order valence-electron chi connectivity index (χ0n) is 13.8. The molecule has 1 aliphatic rings. The molecule has 1 aliphatic heterocycles. The van der Waals surface area contributed by atoms with Crippen LogP contribution in [-0.2, 0) is 9.53 Å². The summed E-state index contributed by atoms with van der Waals surface area (Å²) < 4.78 is 4.98. The molecule has 124 valence electrons. The summed E-state index contributed by atoms with van der Waals surface area (Å²) in [5, 5.41) is 2.98. The molecule has 6 nitrogen and oxygen atoms in total. The highest BCUT2D eigenvalue weighted by Gasteiger charge is 2.27. The van der Waals surface area contributed by atoms with Gasteiger partial charge in [-0.05, 0) is 19.8 Å². The standard InChI is InChI=1S/C15H32N4O2/c1-4-14(12-16)19-9-7-18(8-10-19)13(2)15(20)17-6-5-11-21-3/h13-14H,4-12,16H2,1-3H3,(H,17,20). The predicted octanol–water partition coefficient (Wildman–Crippen LogP) is -0.117. The Kier molecular flexibility index (Phi) is 8.84. The fourth-order valence-electron chi connectivity index (χ4n) is 2.81. The van der Waals surface area contributed by atoms with Crippen LogP contribution in [0.25, 0.3) is 0 Å². The number of amides is 1. The number of nitrogens with one attached hydrogen (secondary N) is 1. The van der Waals surface area contributed by atoms with Gasteiger partial charge in [0, 0.05) is 59.0 Å². The van der Waals surface area contributed by atoms with Crippen molar-refractivity contribution < 1.29 is 9.53 Å². The van der Waals surface area contributed by atoms with E-state index in [1.54, 1.807) is 7.11 Å². The average Bonchev–Trinajstić information content (AvgIpc) is 2.52. The molecular weight excluding hydrogens is 268 g/mol. The number of rotatable bonds is 9. The summed E-state index contributed by atoms with van der Waals surface area (Å²) >= 11 is 0. The highest BCUT2D eigenvalue weighted by atomic mass is 16.5. The molecular formula is C15H32N4O2. The minimum Gasteiger partial charge on any atom is -0.385 e. The molecule has 1 fully saturated rings. The Balaban J connectivity index is 2.30. The zero-order chi connectivity index (χ0) is 15.7. The monoisotopic (exact) mass is 300 g/mol. The number of piperazine rings is 1. The number of hydrogen-bond donors (Lipinski definition) is 2. The lowest BCUT2D eigenvalue weighted by molar-refractivity contribution is -0.126. The van der Waals surface area contributed by atoms with E-state index < -0.39 is 0 Å². The van der Waals surface area contributed by atoms with Crippen molar-refractivity contribution in [2.45, 2.75) is 38.8 Å². The maximum atomic E-state index is 12.1. The molecule has 0 aromatic rings. The van der Waals surface area contributed by atoms with Crippen molar-refractivity contribution >= 4 is 5.91 Å². The van der Waals surface area contributed by atoms with Gasteiger partial charge in [0.15, 0.2) is 0 Å². The third-order valence-electron chi connectivity index (χ3n) is 4.36. The van der Waals surface area contributed by atoms with Crippen molar-refractivity contribution in [1.82, 2.24) is 15.1 Å². The van der Waals surface area contributed by atoms with E-state index in [1.165, 1.54) is 0 Å². The fraction of sp³-hybridized carbons (Fsp3) is 0.933. The second kappa shape index (κ2) is 10.1. The van der Waals surface area contributed by atoms with E-state index in [0.717, 1.165) is 39.0 Å². The first-order chi connectivity index (χ1) is 10.1. The van der Waals surface area contributed by atoms with Gasteiger partial charge in [-0.2, -0.15) is 0 Å². The SMILES string of the molecule is CCC(CN)N1CCN(C(C)C(=O)NCCCOC)CC1. The van der Waals surface area contributed by atoms with Gasteiger partial charge in [-0.15, -0.1) is 0 Å². The molecule has 0 radical (unpaired) electrons. The lowest BCUT2D eigenvalue weighted by Gasteiger charge is -2.40. The van der Waals surface area contributed by atoms with Crippen LogP contribution in [-0.4, -0.2) is 80.8 Å². The molecule has 21 heavy (non-hydrogen) atoms. The molecule has 0 bridgehead atoms. The van der Waals surface area contributed by atoms with Crippen LogP contribution in [0.1, 0.15) is 26.7 Å². The van der Waals surface area contributed by atoms with E-state index in [-0.39, 0.29) is 11.9 Å². The number of nitrogens with zero attached hydrogens (tertiary/aromatic N) is 2. The minimum absolute atomic E-state index is 0.0624. The highest BCUT2D eigenvalue weighted by Crippen LogP contribution is 2.11. The van der Waals surface area contributed by atoms with Gasteiger partial charge in [-0.3, -0.25) is 14.6 Å². The molecule has 1 rings (SSSR count). The third-order valence-corrected chi connectivity index (χ3v) is 4.36. The predicted molar refractivity (Wildman–Crippen MR) is 85.2 cm³/mol. The Morgan fingerprint density at radius 3 is 2.43 bits per heavy atom. The van der Waals surface area contributed by atoms with E-state index in [0.29, 0.717) is 25.7 Å². The Hall–Kier alpha value is -0.690. The maximum absolute atomic E-state index is 12.1. The number of carbonyl (C=O) groups is 1. The van der Waals surface area contributed by atoms with Crippen LogP contribution < -0.4 is 11.1 Å². The van der Waals surface area contributed by atoms with Crippen molar-refractivity contribution in [2.75, 3.05) is 53.0 Å². The van der Waals surface area contributed by atoms with E-state index in [2.05, 4.69) is 22.0 Å². The lowest BCUT2D eigenvalue weighted by atomic mass is 10.1. The molecule has 6 heteroatoms. The van der Waals surface area contributed by atoms with Crippen LogP contribution in [0.5, 0.6) is 0 Å². The first kappa shape index (κ1) is 18.4. The quantitative estimate of drug-likeness (QED) is 0.581. The van der Waals surface area contributed by atoms with Crippen molar-refractivity contribution in [3.63, 3.8) is 0 Å². The van der Waals surface area contributed by atoms with Gasteiger partial charge in [0.25, 0.3) is 0 Å². The molecule has 2 unspecified atom stereocenters. The summed E-state index contributed by atoms with van der Waals surface area (Å²) in [5.41, 5.74) is 5.81. The highest BCUT2D eigenvalue weighted by molar-refractivity contribution is 5.81. The van der Waals surface area contributed by atoms with Crippen LogP contribution in [0.2, 0.25) is 0 Å². The zero-order valence-corrected chi connectivity index (χ0v) is 13.8. The molecule has 0 saturated carbocycles. The molecule has 2 atom stereocenters. The van der Waals surface area contributed by atoms with Crippen molar-refractivity contribution in [2.24, 2.45) is 5.73 Å². The van der Waals surface area contributed by atoms with Gasteiger partial charge in [0.2, 0.25) is 5.91 Å². The Bertz CT molecular complexity index is 289. The van der Waals surface area contributed by atoms with Crippen molar-refractivity contribution in [1.29, 1.82) is 0 Å². The Morgan fingerprint density at radius 2 is 1.90 bits per heavy atom. The first-order valence-corrected chi connectivity index (χ1v) is 8.08. The van der Waals surface area contributed by atoms with Crippen molar-refractivity contribution in [3.8, 4) is 0 Å². The normalized spacial score (nSPS) is 20.2. The van der Waals surface area contributed by atoms with Crippen LogP contribution in [0, 0.1) is 0 Å². The molecule has 1 saturated heterocycles. The van der Waals surface area contributed by atoms with Crippen LogP contribution >= 0.6 is 0 Å². The summed E-state index contributed by atoms with van der Waals surface area (Å²) in [7, 11) is 1.68. The molecule has 3 N–H and O–H groups in total. The molecule has 1 heterocycles. The Labute approximate surface area is 129 Å². The van der Waals surface area contributed by atoms with Gasteiger partial charge < -0.3 is 15.8 Å². The number of methoxy groups -OCH3 is 1. The summed E-state index contributed by atoms with van der Waals surface area (Å²) in [6, 6.07) is 0.415. The van der Waals surface area contributed by atoms with E-state index in [9.17, 15) is 4.79 Å². The van der Waals surface area contributed by atoms with Gasteiger partial charge in [0.1, 0.15) is 0 Å². The molecule has 1 amide bonds. The summed E-state index contributed by atoms with van der Waals surface area (Å²) in [4.78, 5) is 16.8. The largest absolute Gasteiger partial charge is 0.385 e. The number of nitrogens with two attached hydrogens (primary N) is 1. The van der Waals surface area contributed by atoms with Crippen LogP contribution in [0.4, 0.5) is 0 Å². The molecule has 0 spiro atoms. The van der Waals surface area contributed by atoms with Crippen LogP contribution in [0.3, 0.4) is 0 Å².